The Hall–Kier alpha value is -1.83. The number of esters is 1. The van der Waals surface area contributed by atoms with E-state index in [-0.39, 0.29) is 12.1 Å². The molecular weight excluding hydrogens is 813 g/mol. The zero-order chi connectivity index (χ0) is 47.8. The molecule has 0 aliphatic heterocycles. The van der Waals surface area contributed by atoms with Crippen LogP contribution >= 0.6 is 0 Å². The number of unbranched alkanes of at least 4 members (excludes halogenated alkanes) is 22. The van der Waals surface area contributed by atoms with Crippen molar-refractivity contribution < 1.29 is 9.53 Å². The smallest absolute Gasteiger partial charge is 0.306 e. The van der Waals surface area contributed by atoms with Gasteiger partial charge in [0.25, 0.3) is 0 Å². The second-order valence-corrected chi connectivity index (χ2v) is 24.0. The molecule has 2 nitrogen and oxygen atoms in total. The van der Waals surface area contributed by atoms with Gasteiger partial charge in [-0.3, -0.25) is 4.79 Å². The minimum Gasteiger partial charge on any atom is -0.462 e. The van der Waals surface area contributed by atoms with Crippen LogP contribution in [0.25, 0.3) is 0 Å². The number of carbonyl (C=O) groups is 1. The Morgan fingerprint density at radius 2 is 1.09 bits per heavy atom. The lowest BCUT2D eigenvalue weighted by Crippen LogP contribution is -2.51. The molecule has 0 radical (unpaired) electrons. The molecule has 4 aliphatic carbocycles. The van der Waals surface area contributed by atoms with Gasteiger partial charge in [0.2, 0.25) is 0 Å². The third kappa shape index (κ3) is 21.6. The van der Waals surface area contributed by atoms with Crippen LogP contribution in [0.1, 0.15) is 292 Å². The molecule has 0 saturated heterocycles. The van der Waals surface area contributed by atoms with Crippen molar-refractivity contribution in [2.75, 3.05) is 0 Å². The lowest BCUT2D eigenvalue weighted by atomic mass is 9.47. The highest BCUT2D eigenvalue weighted by molar-refractivity contribution is 5.69. The molecule has 3 saturated carbocycles. The van der Waals surface area contributed by atoms with Crippen LogP contribution in [-0.4, -0.2) is 12.1 Å². The van der Waals surface area contributed by atoms with E-state index >= 15 is 0 Å². The molecule has 0 N–H and O–H groups in total. The summed E-state index contributed by atoms with van der Waals surface area (Å²) in [6, 6.07) is 0. The van der Waals surface area contributed by atoms with E-state index in [1.165, 1.54) is 199 Å². The van der Waals surface area contributed by atoms with Crippen LogP contribution in [0.3, 0.4) is 0 Å². The van der Waals surface area contributed by atoms with Gasteiger partial charge < -0.3 is 4.74 Å². The first-order chi connectivity index (χ1) is 32.7. The van der Waals surface area contributed by atoms with E-state index in [2.05, 4.69) is 96.2 Å². The van der Waals surface area contributed by atoms with Crippen molar-refractivity contribution in [1.29, 1.82) is 0 Å². The van der Waals surface area contributed by atoms with Gasteiger partial charge in [0.05, 0.1) is 0 Å². The molecule has 4 rings (SSSR count). The zero-order valence-electron chi connectivity index (χ0n) is 45.6. The SMILES string of the molecule is CC/C=C\C/C=C\C/C=C\C/C=C\CCCCCCCCCCCCCCCCCCCCCCCCC(=O)OC1CCC2(C)C(=CCC3C2CCC2(C)C(C(C)CCCC(C)C)CCC32)C1. The first-order valence-electron chi connectivity index (χ1n) is 30.2. The zero-order valence-corrected chi connectivity index (χ0v) is 45.6. The molecule has 0 amide bonds. The Balaban J connectivity index is 0.879. The van der Waals surface area contributed by atoms with Gasteiger partial charge in [0, 0.05) is 12.8 Å². The molecule has 0 aromatic carbocycles. The van der Waals surface area contributed by atoms with Crippen LogP contribution in [0, 0.1) is 46.3 Å². The molecule has 67 heavy (non-hydrogen) atoms. The maximum absolute atomic E-state index is 13.0. The number of ether oxygens (including phenoxy) is 1. The Bertz CT molecular complexity index is 1430. The molecule has 0 aromatic rings. The average molecular weight is 926 g/mol. The number of hydrogen-bond acceptors (Lipinski definition) is 2. The number of rotatable bonds is 38. The Morgan fingerprint density at radius 3 is 1.63 bits per heavy atom. The molecule has 0 heterocycles. The molecule has 8 atom stereocenters. The van der Waals surface area contributed by atoms with Crippen molar-refractivity contribution in [3.63, 3.8) is 0 Å². The number of fused-ring (bicyclic) bond motifs is 5. The van der Waals surface area contributed by atoms with E-state index in [1.807, 2.05) is 0 Å². The standard InChI is InChI=1S/C65H112O2/c1-7-8-9-10-11-12-13-14-15-16-17-18-19-20-21-22-23-24-25-26-27-28-29-30-31-32-33-34-35-36-37-38-39-40-41-45-63(66)67-58-50-52-64(5)57(54-58)46-47-59-61-49-48-60(56(4)44-42-43-55(2)3)65(61,6)53-51-62(59)64/h8-9,11-12,14-15,17-18,46,55-56,58-62H,7,10,13,16,19-45,47-54H2,1-6H3/b9-8-,12-11-,15-14-,18-17-. The fourth-order valence-corrected chi connectivity index (χ4v) is 14.2. The van der Waals surface area contributed by atoms with Crippen molar-refractivity contribution in [1.82, 2.24) is 0 Å². The van der Waals surface area contributed by atoms with E-state index in [0.29, 0.717) is 17.3 Å². The van der Waals surface area contributed by atoms with Gasteiger partial charge in [-0.25, -0.2) is 0 Å². The third-order valence-electron chi connectivity index (χ3n) is 18.3. The molecule has 8 unspecified atom stereocenters. The third-order valence-corrected chi connectivity index (χ3v) is 18.3. The summed E-state index contributed by atoms with van der Waals surface area (Å²) in [7, 11) is 0. The molecule has 384 valence electrons. The Labute approximate surface area is 418 Å². The van der Waals surface area contributed by atoms with Crippen LogP contribution in [-0.2, 0) is 9.53 Å². The highest BCUT2D eigenvalue weighted by atomic mass is 16.5. The van der Waals surface area contributed by atoms with Crippen LogP contribution in [0.5, 0.6) is 0 Å². The van der Waals surface area contributed by atoms with Gasteiger partial charge in [0.1, 0.15) is 6.10 Å². The summed E-state index contributed by atoms with van der Waals surface area (Å²) in [4.78, 5) is 13.0. The quantitative estimate of drug-likeness (QED) is 0.0350. The highest BCUT2D eigenvalue weighted by Crippen LogP contribution is 2.67. The number of allylic oxidation sites excluding steroid dienone is 9. The van der Waals surface area contributed by atoms with E-state index < -0.39 is 0 Å². The van der Waals surface area contributed by atoms with Crippen molar-refractivity contribution in [2.24, 2.45) is 46.3 Å². The van der Waals surface area contributed by atoms with Crippen molar-refractivity contribution in [2.45, 2.75) is 298 Å². The van der Waals surface area contributed by atoms with E-state index in [0.717, 1.165) is 80.5 Å². The molecule has 0 aromatic heterocycles. The molecule has 2 heteroatoms. The molecule has 4 aliphatic rings. The first-order valence-corrected chi connectivity index (χ1v) is 30.2. The summed E-state index contributed by atoms with van der Waals surface area (Å²) < 4.78 is 6.18. The second kappa shape index (κ2) is 34.5. The Morgan fingerprint density at radius 1 is 0.582 bits per heavy atom. The number of carbonyl (C=O) groups excluding carboxylic acids is 1. The van der Waals surface area contributed by atoms with Crippen LogP contribution < -0.4 is 0 Å². The predicted octanol–water partition coefficient (Wildman–Crippen LogP) is 21.1. The van der Waals surface area contributed by atoms with Crippen molar-refractivity contribution in [3.8, 4) is 0 Å². The van der Waals surface area contributed by atoms with Crippen molar-refractivity contribution in [3.05, 3.63) is 60.3 Å². The van der Waals surface area contributed by atoms with E-state index in [1.54, 1.807) is 5.57 Å². The summed E-state index contributed by atoms with van der Waals surface area (Å²) in [6.45, 7) is 14.9. The van der Waals surface area contributed by atoms with E-state index in [4.69, 9.17) is 4.74 Å². The van der Waals surface area contributed by atoms with Crippen LogP contribution in [0.4, 0.5) is 0 Å². The first kappa shape index (κ1) is 57.7. The van der Waals surface area contributed by atoms with Gasteiger partial charge in [-0.05, 0) is 136 Å². The molecule has 3 fully saturated rings. The predicted molar refractivity (Wildman–Crippen MR) is 294 cm³/mol. The summed E-state index contributed by atoms with van der Waals surface area (Å²) in [5, 5.41) is 0. The van der Waals surface area contributed by atoms with E-state index in [9.17, 15) is 4.79 Å². The normalized spacial score (nSPS) is 26.8. The topological polar surface area (TPSA) is 26.3 Å². The lowest BCUT2D eigenvalue weighted by Gasteiger charge is -2.58. The Kier molecular flexibility index (Phi) is 29.7. The average Bonchev–Trinajstić information content (AvgIpc) is 3.67. The van der Waals surface area contributed by atoms with Gasteiger partial charge in [-0.2, -0.15) is 0 Å². The van der Waals surface area contributed by atoms with Crippen LogP contribution in [0.15, 0.2) is 60.3 Å². The fraction of sp³-hybridized carbons (Fsp3) is 0.831. The van der Waals surface area contributed by atoms with Gasteiger partial charge >= 0.3 is 5.97 Å². The van der Waals surface area contributed by atoms with Gasteiger partial charge in [-0.15, -0.1) is 0 Å². The lowest BCUT2D eigenvalue weighted by molar-refractivity contribution is -0.151. The summed E-state index contributed by atoms with van der Waals surface area (Å²) >= 11 is 0. The second-order valence-electron chi connectivity index (χ2n) is 24.0. The van der Waals surface area contributed by atoms with Crippen molar-refractivity contribution >= 4 is 5.97 Å². The summed E-state index contributed by atoms with van der Waals surface area (Å²) in [5.41, 5.74) is 2.53. The van der Waals surface area contributed by atoms with Gasteiger partial charge in [-0.1, -0.05) is 249 Å². The summed E-state index contributed by atoms with van der Waals surface area (Å²) in [6.07, 6.45) is 72.3. The number of hydrogen-bond donors (Lipinski definition) is 0. The molecular formula is C65H112O2. The van der Waals surface area contributed by atoms with Gasteiger partial charge in [0.15, 0.2) is 0 Å². The largest absolute Gasteiger partial charge is 0.462 e. The molecule has 0 bridgehead atoms. The maximum atomic E-state index is 13.0. The highest BCUT2D eigenvalue weighted by Gasteiger charge is 2.59. The van der Waals surface area contributed by atoms with Crippen LogP contribution in [0.2, 0.25) is 0 Å². The maximum Gasteiger partial charge on any atom is 0.306 e. The minimum absolute atomic E-state index is 0.0669. The fourth-order valence-electron chi connectivity index (χ4n) is 14.2. The molecule has 0 spiro atoms. The monoisotopic (exact) mass is 925 g/mol. The summed E-state index contributed by atoms with van der Waals surface area (Å²) in [5.74, 6) is 5.32. The minimum atomic E-state index is 0.0669.